The highest BCUT2D eigenvalue weighted by Gasteiger charge is 2.66. The highest BCUT2D eigenvalue weighted by molar-refractivity contribution is 9.10. The minimum absolute atomic E-state index is 0.0571. The minimum Gasteiger partial charge on any atom is -0.432 e. The van der Waals surface area contributed by atoms with E-state index >= 15 is 0 Å². The molecule has 0 aromatic heterocycles. The molecule has 3 heterocycles. The van der Waals surface area contributed by atoms with Gasteiger partial charge in [-0.15, -0.1) is 0 Å². The summed E-state index contributed by atoms with van der Waals surface area (Å²) < 4.78 is 7.50. The Morgan fingerprint density at radius 3 is 2.44 bits per heavy atom. The number of carbonyl (C=O) groups is 2. The van der Waals surface area contributed by atoms with Crippen LogP contribution in [0.2, 0.25) is 18.6 Å². The molecule has 1 spiro atoms. The second-order valence-electron chi connectivity index (χ2n) is 12.2. The number of carbonyl (C=O) groups excluding carboxylic acids is 2. The number of amides is 2. The summed E-state index contributed by atoms with van der Waals surface area (Å²) in [7, 11) is -2.76. The van der Waals surface area contributed by atoms with E-state index in [4.69, 9.17) is 4.74 Å². The molecule has 2 amide bonds. The Morgan fingerprint density at radius 1 is 1.05 bits per heavy atom. The van der Waals surface area contributed by atoms with Crippen molar-refractivity contribution in [1.29, 1.82) is 0 Å². The molecule has 1 saturated heterocycles. The Labute approximate surface area is 261 Å². The first kappa shape index (κ1) is 29.9. The highest BCUT2D eigenvalue weighted by atomic mass is 79.9. The average Bonchev–Trinajstić information content (AvgIpc) is 3.41. The molecule has 224 valence electrons. The number of benzene rings is 3. The fraction of sp³-hybridized carbons (Fsp3) is 0.364. The Hall–Kier alpha value is -3.15. The summed E-state index contributed by atoms with van der Waals surface area (Å²) in [6.45, 7) is 5.98. The maximum atomic E-state index is 14.4. The number of nitrogens with zero attached hydrogens (tertiary/aromatic N) is 3. The van der Waals surface area contributed by atoms with Crippen LogP contribution in [0.5, 0.6) is 0 Å². The number of hydrazone groups is 1. The van der Waals surface area contributed by atoms with Crippen LogP contribution in [0.15, 0.2) is 82.4 Å². The van der Waals surface area contributed by atoms with Crippen LogP contribution < -0.4 is 9.91 Å². The quantitative estimate of drug-likeness (QED) is 0.316. The Kier molecular flexibility index (Phi) is 7.93. The first-order valence-corrected chi connectivity index (χ1v) is 18.5. The van der Waals surface area contributed by atoms with Gasteiger partial charge in [0.05, 0.1) is 29.7 Å². The zero-order valence-electron chi connectivity index (χ0n) is 24.5. The van der Waals surface area contributed by atoms with Crippen molar-refractivity contribution in [3.05, 3.63) is 94.0 Å². The third-order valence-electron chi connectivity index (χ3n) is 9.02. The molecule has 8 nitrogen and oxygen atoms in total. The zero-order valence-corrected chi connectivity index (χ0v) is 27.1. The standard InChI is InChI=1S/C33H36BrN3O5Si/c1-21-31(43(2,3)41)29(17-18-38)42-33(21)26-19-24(34)11-15-28(26)36(32(33)40)20-22-9-12-25(13-10-22)37-30(39)16-14-27(35-37)23-7-5-4-6-8-23/h4-13,15,19,21,29,31,38,41H,14,16-18,20H2,1-3H3/t21-,29+,31-,33+/m1/s1. The second-order valence-corrected chi connectivity index (χ2v) is 17.1. The van der Waals surface area contributed by atoms with Crippen LogP contribution in [0.4, 0.5) is 11.4 Å². The molecule has 0 unspecified atom stereocenters. The number of anilines is 2. The molecule has 0 bridgehead atoms. The van der Waals surface area contributed by atoms with Gasteiger partial charge in [-0.3, -0.25) is 9.59 Å². The molecule has 0 saturated carbocycles. The fourth-order valence-electron chi connectivity index (χ4n) is 7.12. The van der Waals surface area contributed by atoms with E-state index in [-0.39, 0.29) is 29.9 Å². The van der Waals surface area contributed by atoms with E-state index in [0.29, 0.717) is 31.5 Å². The molecule has 2 N–H and O–H groups in total. The summed E-state index contributed by atoms with van der Waals surface area (Å²) in [4.78, 5) is 40.3. The van der Waals surface area contributed by atoms with Crippen molar-refractivity contribution in [2.75, 3.05) is 16.5 Å². The van der Waals surface area contributed by atoms with Crippen LogP contribution in [-0.2, 0) is 26.5 Å². The molecule has 6 rings (SSSR count). The summed E-state index contributed by atoms with van der Waals surface area (Å²) >= 11 is 3.58. The summed E-state index contributed by atoms with van der Waals surface area (Å²) in [5, 5.41) is 15.9. The molecule has 3 aliphatic heterocycles. The number of hydrogen-bond donors (Lipinski definition) is 2. The first-order chi connectivity index (χ1) is 20.5. The Balaban J connectivity index is 1.30. The number of aliphatic hydroxyl groups excluding tert-OH is 1. The van der Waals surface area contributed by atoms with Crippen molar-refractivity contribution in [1.82, 2.24) is 0 Å². The Bertz CT molecular complexity index is 1580. The molecule has 3 aromatic carbocycles. The number of fused-ring (bicyclic) bond motifs is 2. The lowest BCUT2D eigenvalue weighted by Crippen LogP contribution is -2.46. The van der Waals surface area contributed by atoms with Crippen molar-refractivity contribution in [3.8, 4) is 0 Å². The van der Waals surface area contributed by atoms with E-state index in [1.807, 2.05) is 92.8 Å². The van der Waals surface area contributed by atoms with Gasteiger partial charge in [0.2, 0.25) is 5.91 Å². The molecular weight excluding hydrogens is 626 g/mol. The largest absolute Gasteiger partial charge is 0.432 e. The predicted molar refractivity (Wildman–Crippen MR) is 172 cm³/mol. The molecule has 3 aliphatic rings. The van der Waals surface area contributed by atoms with Crippen molar-refractivity contribution in [2.45, 2.75) is 63.1 Å². The second kappa shape index (κ2) is 11.4. The molecule has 10 heteroatoms. The van der Waals surface area contributed by atoms with E-state index in [2.05, 4.69) is 21.0 Å². The third kappa shape index (κ3) is 5.19. The normalized spacial score (nSPS) is 25.4. The van der Waals surface area contributed by atoms with Gasteiger partial charge in [-0.25, -0.2) is 5.01 Å². The molecule has 43 heavy (non-hydrogen) atoms. The van der Waals surface area contributed by atoms with Crippen LogP contribution >= 0.6 is 15.9 Å². The summed E-state index contributed by atoms with van der Waals surface area (Å²) in [5.41, 5.74) is 3.52. The van der Waals surface area contributed by atoms with Crippen LogP contribution in [0, 0.1) is 5.92 Å². The van der Waals surface area contributed by atoms with Crippen molar-refractivity contribution < 1.29 is 24.2 Å². The lowest BCUT2D eigenvalue weighted by Gasteiger charge is -2.32. The summed E-state index contributed by atoms with van der Waals surface area (Å²) in [6, 6.07) is 23.2. The zero-order chi connectivity index (χ0) is 30.5. The van der Waals surface area contributed by atoms with Crippen LogP contribution in [-0.4, -0.2) is 48.5 Å². The monoisotopic (exact) mass is 661 g/mol. The van der Waals surface area contributed by atoms with Crippen LogP contribution in [0.25, 0.3) is 0 Å². The van der Waals surface area contributed by atoms with Crippen molar-refractivity contribution >= 4 is 53.1 Å². The van der Waals surface area contributed by atoms with E-state index in [0.717, 1.165) is 32.6 Å². The van der Waals surface area contributed by atoms with E-state index < -0.39 is 20.0 Å². The van der Waals surface area contributed by atoms with Gasteiger partial charge in [-0.05, 0) is 61.0 Å². The van der Waals surface area contributed by atoms with Gasteiger partial charge in [0.1, 0.15) is 0 Å². The van der Waals surface area contributed by atoms with Crippen LogP contribution in [0.1, 0.15) is 42.9 Å². The number of rotatable bonds is 7. The average molecular weight is 663 g/mol. The number of ether oxygens (including phenoxy) is 1. The summed E-state index contributed by atoms with van der Waals surface area (Å²) in [5.74, 6) is -0.507. The fourth-order valence-corrected chi connectivity index (χ4v) is 10.1. The first-order valence-electron chi connectivity index (χ1n) is 14.7. The van der Waals surface area contributed by atoms with Gasteiger partial charge in [-0.1, -0.05) is 65.3 Å². The van der Waals surface area contributed by atoms with E-state index in [9.17, 15) is 19.5 Å². The van der Waals surface area contributed by atoms with Gasteiger partial charge in [0.15, 0.2) is 13.9 Å². The number of aliphatic hydroxyl groups is 1. The molecule has 0 aliphatic carbocycles. The number of halogens is 1. The van der Waals surface area contributed by atoms with Crippen molar-refractivity contribution in [3.63, 3.8) is 0 Å². The smallest absolute Gasteiger partial charge is 0.264 e. The topological polar surface area (TPSA) is 103 Å². The lowest BCUT2D eigenvalue weighted by atomic mass is 9.82. The SMILES string of the molecule is C[C@@H]1[C@@H]([Si](C)(C)O)[C@H](CCO)O[C@@]12C(=O)N(Cc1ccc(N3N=C(c4ccccc4)CCC3=O)cc1)c1ccc(Br)cc12. The van der Waals surface area contributed by atoms with Gasteiger partial charge in [0, 0.05) is 40.9 Å². The molecule has 4 atom stereocenters. The molecule has 0 radical (unpaired) electrons. The van der Waals surface area contributed by atoms with Crippen molar-refractivity contribution in [2.24, 2.45) is 11.0 Å². The van der Waals surface area contributed by atoms with Gasteiger partial charge >= 0.3 is 0 Å². The van der Waals surface area contributed by atoms with Gasteiger partial charge in [0.25, 0.3) is 5.91 Å². The number of hydrogen-bond acceptors (Lipinski definition) is 6. The van der Waals surface area contributed by atoms with Gasteiger partial charge < -0.3 is 19.5 Å². The third-order valence-corrected chi connectivity index (χ3v) is 12.0. The maximum absolute atomic E-state index is 14.4. The lowest BCUT2D eigenvalue weighted by molar-refractivity contribution is -0.146. The van der Waals surface area contributed by atoms with Crippen LogP contribution in [0.3, 0.4) is 0 Å². The van der Waals surface area contributed by atoms with E-state index in [1.54, 1.807) is 4.90 Å². The highest BCUT2D eigenvalue weighted by Crippen LogP contribution is 2.60. The Morgan fingerprint density at radius 2 is 1.77 bits per heavy atom. The van der Waals surface area contributed by atoms with Gasteiger partial charge in [-0.2, -0.15) is 5.10 Å². The summed E-state index contributed by atoms with van der Waals surface area (Å²) in [6.07, 6.45) is 0.915. The molecular formula is C33H36BrN3O5Si. The van der Waals surface area contributed by atoms with E-state index in [1.165, 1.54) is 5.01 Å². The molecule has 3 aromatic rings. The predicted octanol–water partition coefficient (Wildman–Crippen LogP) is 5.71. The maximum Gasteiger partial charge on any atom is 0.264 e. The molecule has 1 fully saturated rings. The minimum atomic E-state index is -2.76.